The van der Waals surface area contributed by atoms with Crippen LogP contribution in [0.25, 0.3) is 0 Å². The van der Waals surface area contributed by atoms with Crippen LogP contribution in [-0.4, -0.2) is 40.1 Å². The van der Waals surface area contributed by atoms with Gasteiger partial charge in [-0.15, -0.1) is 0 Å². The summed E-state index contributed by atoms with van der Waals surface area (Å²) < 4.78 is 32.9. The minimum atomic E-state index is -3.48. The van der Waals surface area contributed by atoms with Gasteiger partial charge in [-0.1, -0.05) is 0 Å². The van der Waals surface area contributed by atoms with Crippen LogP contribution in [0.2, 0.25) is 0 Å². The Bertz CT molecular complexity index is 321. The van der Waals surface area contributed by atoms with Gasteiger partial charge in [0.25, 0.3) is 0 Å². The number of hydrogen-bond donors (Lipinski definition) is 0. The molecule has 0 aromatic heterocycles. The Labute approximate surface area is 94.3 Å². The highest BCUT2D eigenvalue weighted by molar-refractivity contribution is 8.13. The van der Waals surface area contributed by atoms with Crippen LogP contribution in [0, 0.1) is 5.41 Å². The van der Waals surface area contributed by atoms with Gasteiger partial charge in [0, 0.05) is 35.9 Å². The smallest absolute Gasteiger partial charge is 0.235 e. The predicted octanol–water partition coefficient (Wildman–Crippen LogP) is 1.14. The van der Waals surface area contributed by atoms with Crippen molar-refractivity contribution in [1.29, 1.82) is 0 Å². The molecule has 6 heteroatoms. The topological polar surface area (TPSA) is 52.6 Å². The van der Waals surface area contributed by atoms with Crippen LogP contribution in [0.4, 0.5) is 0 Å². The number of rotatable bonds is 2. The van der Waals surface area contributed by atoms with Crippen molar-refractivity contribution in [3.8, 4) is 0 Å². The molecule has 1 spiro atoms. The lowest BCUT2D eigenvalue weighted by atomic mass is 9.75. The molecular formula is C9H15ClO4S. The predicted molar refractivity (Wildman–Crippen MR) is 56.5 cm³/mol. The number of ether oxygens (including phenoxy) is 2. The van der Waals surface area contributed by atoms with E-state index in [0.29, 0.717) is 19.8 Å². The first kappa shape index (κ1) is 11.6. The summed E-state index contributed by atoms with van der Waals surface area (Å²) in [6, 6.07) is 0. The summed E-state index contributed by atoms with van der Waals surface area (Å²) >= 11 is 0. The van der Waals surface area contributed by atoms with Crippen LogP contribution >= 0.6 is 10.7 Å². The van der Waals surface area contributed by atoms with Crippen molar-refractivity contribution in [1.82, 2.24) is 0 Å². The van der Waals surface area contributed by atoms with Gasteiger partial charge >= 0.3 is 0 Å². The molecule has 0 aromatic rings. The molecular weight excluding hydrogens is 240 g/mol. The third kappa shape index (κ3) is 2.64. The van der Waals surface area contributed by atoms with E-state index in [1.165, 1.54) is 0 Å². The van der Waals surface area contributed by atoms with Gasteiger partial charge in [-0.05, 0) is 19.3 Å². The average Bonchev–Trinajstić information content (AvgIpc) is 2.48. The third-order valence-corrected chi connectivity index (χ3v) is 4.52. The summed E-state index contributed by atoms with van der Waals surface area (Å²) in [4.78, 5) is 0. The van der Waals surface area contributed by atoms with Crippen molar-refractivity contribution in [2.24, 2.45) is 5.41 Å². The summed E-state index contributed by atoms with van der Waals surface area (Å²) in [5.41, 5.74) is -0.0137. The highest BCUT2D eigenvalue weighted by atomic mass is 35.7. The van der Waals surface area contributed by atoms with Crippen LogP contribution in [0.5, 0.6) is 0 Å². The van der Waals surface area contributed by atoms with Crippen molar-refractivity contribution >= 4 is 19.7 Å². The van der Waals surface area contributed by atoms with Gasteiger partial charge in [0.2, 0.25) is 9.05 Å². The lowest BCUT2D eigenvalue weighted by molar-refractivity contribution is -0.0235. The third-order valence-electron chi connectivity index (χ3n) is 3.44. The van der Waals surface area contributed by atoms with Gasteiger partial charge in [0.15, 0.2) is 0 Å². The molecule has 88 valence electrons. The van der Waals surface area contributed by atoms with E-state index in [2.05, 4.69) is 0 Å². The Kier molecular flexibility index (Phi) is 3.26. The van der Waals surface area contributed by atoms with Crippen LogP contribution in [0.15, 0.2) is 0 Å². The fourth-order valence-corrected chi connectivity index (χ4v) is 3.65. The maximum absolute atomic E-state index is 11.1. The SMILES string of the molecule is O=S(=O)(Cl)CC1OCCC12CCOCC2. The summed E-state index contributed by atoms with van der Waals surface area (Å²) in [6.45, 7) is 2.03. The standard InChI is InChI=1S/C9H15ClO4S/c10-15(11,12)7-8-9(3-6-14-8)1-4-13-5-2-9/h8H,1-7H2. The molecule has 2 aliphatic rings. The van der Waals surface area contributed by atoms with Gasteiger partial charge in [-0.25, -0.2) is 8.42 Å². The largest absolute Gasteiger partial charge is 0.381 e. The van der Waals surface area contributed by atoms with Crippen molar-refractivity contribution in [3.05, 3.63) is 0 Å². The van der Waals surface area contributed by atoms with Gasteiger partial charge < -0.3 is 9.47 Å². The Hall–Kier alpha value is 0.160. The highest BCUT2D eigenvalue weighted by Gasteiger charge is 2.46. The molecule has 15 heavy (non-hydrogen) atoms. The molecule has 2 saturated heterocycles. The monoisotopic (exact) mass is 254 g/mol. The lowest BCUT2D eigenvalue weighted by Gasteiger charge is -2.36. The maximum atomic E-state index is 11.1. The van der Waals surface area contributed by atoms with E-state index in [4.69, 9.17) is 20.2 Å². The highest BCUT2D eigenvalue weighted by Crippen LogP contribution is 2.44. The number of halogens is 1. The molecule has 1 unspecified atom stereocenters. The van der Waals surface area contributed by atoms with E-state index in [1.54, 1.807) is 0 Å². The normalized spacial score (nSPS) is 30.9. The molecule has 0 aliphatic carbocycles. The molecule has 0 N–H and O–H groups in total. The summed E-state index contributed by atoms with van der Waals surface area (Å²) in [6.07, 6.45) is 2.44. The van der Waals surface area contributed by atoms with Gasteiger partial charge in [-0.2, -0.15) is 0 Å². The van der Waals surface area contributed by atoms with Gasteiger partial charge in [0.1, 0.15) is 0 Å². The Morgan fingerprint density at radius 2 is 1.80 bits per heavy atom. The van der Waals surface area contributed by atoms with Gasteiger partial charge in [0.05, 0.1) is 11.9 Å². The van der Waals surface area contributed by atoms with Crippen molar-refractivity contribution in [2.75, 3.05) is 25.6 Å². The Morgan fingerprint density at radius 3 is 2.40 bits per heavy atom. The first-order valence-electron chi connectivity index (χ1n) is 5.14. The second-order valence-corrected chi connectivity index (χ2v) is 7.11. The molecule has 4 nitrogen and oxygen atoms in total. The first-order valence-corrected chi connectivity index (χ1v) is 7.61. The molecule has 2 fully saturated rings. The first-order chi connectivity index (χ1) is 7.02. The van der Waals surface area contributed by atoms with Crippen molar-refractivity contribution < 1.29 is 17.9 Å². The molecule has 0 amide bonds. The molecule has 1 atom stereocenters. The zero-order chi connectivity index (χ0) is 10.9. The van der Waals surface area contributed by atoms with Crippen LogP contribution in [0.3, 0.4) is 0 Å². The van der Waals surface area contributed by atoms with E-state index >= 15 is 0 Å². The molecule has 0 radical (unpaired) electrons. The van der Waals surface area contributed by atoms with Crippen LogP contribution in [-0.2, 0) is 18.5 Å². The lowest BCUT2D eigenvalue weighted by Crippen LogP contribution is -2.40. The summed E-state index contributed by atoms with van der Waals surface area (Å²) in [7, 11) is 1.80. The quantitative estimate of drug-likeness (QED) is 0.694. The molecule has 0 aromatic carbocycles. The summed E-state index contributed by atoms with van der Waals surface area (Å²) in [5.74, 6) is -0.0748. The molecule has 2 aliphatic heterocycles. The Balaban J connectivity index is 2.10. The molecule has 2 rings (SSSR count). The fourth-order valence-electron chi connectivity index (χ4n) is 2.50. The second kappa shape index (κ2) is 4.20. The van der Waals surface area contributed by atoms with Crippen molar-refractivity contribution in [2.45, 2.75) is 25.4 Å². The summed E-state index contributed by atoms with van der Waals surface area (Å²) in [5, 5.41) is 0. The zero-order valence-electron chi connectivity index (χ0n) is 8.45. The van der Waals surface area contributed by atoms with E-state index in [1.807, 2.05) is 0 Å². The second-order valence-electron chi connectivity index (χ2n) is 4.29. The minimum absolute atomic E-state index is 0.0137. The fraction of sp³-hybridized carbons (Fsp3) is 1.00. The maximum Gasteiger partial charge on any atom is 0.235 e. The molecule has 2 heterocycles. The minimum Gasteiger partial charge on any atom is -0.381 e. The van der Waals surface area contributed by atoms with E-state index in [9.17, 15) is 8.42 Å². The number of hydrogen-bond acceptors (Lipinski definition) is 4. The molecule has 0 saturated carbocycles. The van der Waals surface area contributed by atoms with Gasteiger partial charge in [-0.3, -0.25) is 0 Å². The van der Waals surface area contributed by atoms with E-state index in [0.717, 1.165) is 19.3 Å². The Morgan fingerprint density at radius 1 is 1.20 bits per heavy atom. The van der Waals surface area contributed by atoms with E-state index < -0.39 is 9.05 Å². The van der Waals surface area contributed by atoms with Crippen LogP contribution in [0.1, 0.15) is 19.3 Å². The molecule has 0 bridgehead atoms. The van der Waals surface area contributed by atoms with Crippen LogP contribution < -0.4 is 0 Å². The zero-order valence-corrected chi connectivity index (χ0v) is 10.0. The van der Waals surface area contributed by atoms with Crippen molar-refractivity contribution in [3.63, 3.8) is 0 Å². The average molecular weight is 255 g/mol. The van der Waals surface area contributed by atoms with E-state index in [-0.39, 0.29) is 17.3 Å².